The molecule has 0 fully saturated rings. The highest BCUT2D eigenvalue weighted by atomic mass is 16.6. The number of rotatable bonds is 6. The number of aliphatic hydroxyl groups is 1. The standard InChI is InChI=1S/C11H16O5/c1-3-5-10(13)15-8-9(7-12)16-11(14)6-4-2/h3-6,9,12H,7-8H2,1-2H3. The summed E-state index contributed by atoms with van der Waals surface area (Å²) in [6, 6.07) is 0. The SMILES string of the molecule is CC=CC(=O)OCC(CO)OC(=O)C=CC. The second-order valence-corrected chi connectivity index (χ2v) is 2.87. The van der Waals surface area contributed by atoms with Crippen LogP contribution < -0.4 is 0 Å². The first kappa shape index (κ1) is 14.4. The molecule has 1 unspecified atom stereocenters. The van der Waals surface area contributed by atoms with Crippen molar-refractivity contribution >= 4 is 11.9 Å². The molecule has 0 saturated carbocycles. The summed E-state index contributed by atoms with van der Waals surface area (Å²) >= 11 is 0. The van der Waals surface area contributed by atoms with Gasteiger partial charge in [-0.05, 0) is 13.8 Å². The number of hydrogen-bond donors (Lipinski definition) is 1. The predicted molar refractivity (Wildman–Crippen MR) is 57.6 cm³/mol. The number of esters is 2. The Labute approximate surface area is 94.4 Å². The van der Waals surface area contributed by atoms with Crippen molar-refractivity contribution in [1.82, 2.24) is 0 Å². The third-order valence-electron chi connectivity index (χ3n) is 1.50. The molecule has 0 heterocycles. The van der Waals surface area contributed by atoms with Gasteiger partial charge in [0, 0.05) is 12.2 Å². The first-order chi connectivity index (χ1) is 7.63. The number of allylic oxidation sites excluding steroid dienone is 2. The van der Waals surface area contributed by atoms with Gasteiger partial charge in [0.25, 0.3) is 0 Å². The van der Waals surface area contributed by atoms with E-state index in [2.05, 4.69) is 0 Å². The zero-order valence-corrected chi connectivity index (χ0v) is 9.38. The molecule has 1 atom stereocenters. The molecule has 0 radical (unpaired) electrons. The molecule has 0 aliphatic heterocycles. The summed E-state index contributed by atoms with van der Waals surface area (Å²) in [5.41, 5.74) is 0. The lowest BCUT2D eigenvalue weighted by Crippen LogP contribution is -2.27. The van der Waals surface area contributed by atoms with Crippen molar-refractivity contribution in [1.29, 1.82) is 0 Å². The molecule has 0 bridgehead atoms. The van der Waals surface area contributed by atoms with Crippen molar-refractivity contribution in [2.24, 2.45) is 0 Å². The maximum atomic E-state index is 11.0. The molecule has 0 spiro atoms. The number of aliphatic hydroxyl groups excluding tert-OH is 1. The first-order valence-corrected chi connectivity index (χ1v) is 4.87. The van der Waals surface area contributed by atoms with E-state index in [1.165, 1.54) is 24.3 Å². The first-order valence-electron chi connectivity index (χ1n) is 4.87. The molecule has 90 valence electrons. The Hall–Kier alpha value is -1.62. The summed E-state index contributed by atoms with van der Waals surface area (Å²) < 4.78 is 9.52. The highest BCUT2D eigenvalue weighted by molar-refractivity contribution is 5.82. The van der Waals surface area contributed by atoms with E-state index in [-0.39, 0.29) is 6.61 Å². The molecule has 0 saturated heterocycles. The maximum Gasteiger partial charge on any atom is 0.330 e. The molecule has 0 amide bonds. The van der Waals surface area contributed by atoms with Gasteiger partial charge in [-0.15, -0.1) is 0 Å². The van der Waals surface area contributed by atoms with Crippen molar-refractivity contribution in [2.75, 3.05) is 13.2 Å². The fourth-order valence-electron chi connectivity index (χ4n) is 0.823. The van der Waals surface area contributed by atoms with E-state index in [0.29, 0.717) is 0 Å². The molecule has 0 aromatic carbocycles. The van der Waals surface area contributed by atoms with Crippen LogP contribution in [0.4, 0.5) is 0 Å². The molecule has 5 nitrogen and oxygen atoms in total. The van der Waals surface area contributed by atoms with E-state index >= 15 is 0 Å². The van der Waals surface area contributed by atoms with Gasteiger partial charge >= 0.3 is 11.9 Å². The molecular weight excluding hydrogens is 212 g/mol. The van der Waals surface area contributed by atoms with Crippen LogP contribution in [0.1, 0.15) is 13.8 Å². The summed E-state index contributed by atoms with van der Waals surface area (Å²) in [6.45, 7) is 2.79. The summed E-state index contributed by atoms with van der Waals surface area (Å²) in [5.74, 6) is -1.12. The van der Waals surface area contributed by atoms with E-state index in [1.807, 2.05) is 0 Å². The van der Waals surface area contributed by atoms with Gasteiger partial charge in [0.05, 0.1) is 6.61 Å². The quantitative estimate of drug-likeness (QED) is 0.532. The van der Waals surface area contributed by atoms with Gasteiger partial charge in [0.2, 0.25) is 0 Å². The molecule has 1 N–H and O–H groups in total. The van der Waals surface area contributed by atoms with Crippen LogP contribution in [-0.4, -0.2) is 36.4 Å². The number of hydrogen-bond acceptors (Lipinski definition) is 5. The van der Waals surface area contributed by atoms with Crippen molar-refractivity contribution in [3.8, 4) is 0 Å². The second kappa shape index (κ2) is 8.67. The Bertz CT molecular complexity index is 280. The van der Waals surface area contributed by atoms with Gasteiger partial charge in [0.15, 0.2) is 6.10 Å². The Balaban J connectivity index is 4.01. The van der Waals surface area contributed by atoms with Crippen molar-refractivity contribution in [3.63, 3.8) is 0 Å². The molecule has 0 aromatic rings. The summed E-state index contributed by atoms with van der Waals surface area (Å²) in [7, 11) is 0. The number of carbonyl (C=O) groups is 2. The zero-order valence-electron chi connectivity index (χ0n) is 9.38. The van der Waals surface area contributed by atoms with Crippen LogP contribution in [0.15, 0.2) is 24.3 Å². The van der Waals surface area contributed by atoms with Gasteiger partial charge in [-0.1, -0.05) is 12.2 Å². The minimum Gasteiger partial charge on any atom is -0.458 e. The number of carbonyl (C=O) groups excluding carboxylic acids is 2. The summed E-state index contributed by atoms with van der Waals surface area (Å²) in [6.07, 6.45) is 4.67. The van der Waals surface area contributed by atoms with E-state index in [1.54, 1.807) is 13.8 Å². The minimum atomic E-state index is -0.835. The summed E-state index contributed by atoms with van der Waals surface area (Å²) in [4.78, 5) is 21.9. The Morgan fingerprint density at radius 1 is 1.19 bits per heavy atom. The largest absolute Gasteiger partial charge is 0.458 e. The van der Waals surface area contributed by atoms with E-state index in [0.717, 1.165) is 0 Å². The molecule has 0 aliphatic rings. The van der Waals surface area contributed by atoms with Gasteiger partial charge < -0.3 is 14.6 Å². The third kappa shape index (κ3) is 6.78. The zero-order chi connectivity index (χ0) is 12.4. The van der Waals surface area contributed by atoms with Crippen LogP contribution in [0.3, 0.4) is 0 Å². The van der Waals surface area contributed by atoms with Gasteiger partial charge in [-0.3, -0.25) is 0 Å². The Morgan fingerprint density at radius 3 is 2.25 bits per heavy atom. The van der Waals surface area contributed by atoms with Gasteiger partial charge in [0.1, 0.15) is 6.61 Å². The topological polar surface area (TPSA) is 72.8 Å². The minimum absolute atomic E-state index is 0.164. The van der Waals surface area contributed by atoms with Crippen LogP contribution in [0.25, 0.3) is 0 Å². The van der Waals surface area contributed by atoms with Gasteiger partial charge in [-0.2, -0.15) is 0 Å². The van der Waals surface area contributed by atoms with E-state index in [4.69, 9.17) is 14.6 Å². The van der Waals surface area contributed by atoms with E-state index in [9.17, 15) is 9.59 Å². The lowest BCUT2D eigenvalue weighted by Gasteiger charge is -2.13. The monoisotopic (exact) mass is 228 g/mol. The molecule has 0 aromatic heterocycles. The average Bonchev–Trinajstić information content (AvgIpc) is 2.25. The van der Waals surface area contributed by atoms with Crippen LogP contribution in [0.5, 0.6) is 0 Å². The van der Waals surface area contributed by atoms with Crippen LogP contribution in [-0.2, 0) is 19.1 Å². The van der Waals surface area contributed by atoms with Crippen LogP contribution >= 0.6 is 0 Å². The Morgan fingerprint density at radius 2 is 1.75 bits per heavy atom. The molecule has 16 heavy (non-hydrogen) atoms. The van der Waals surface area contributed by atoms with Crippen molar-refractivity contribution in [3.05, 3.63) is 24.3 Å². The van der Waals surface area contributed by atoms with Crippen LogP contribution in [0.2, 0.25) is 0 Å². The van der Waals surface area contributed by atoms with Crippen molar-refractivity contribution < 1.29 is 24.2 Å². The normalized spacial score (nSPS) is 12.9. The highest BCUT2D eigenvalue weighted by Gasteiger charge is 2.13. The fraction of sp³-hybridized carbons (Fsp3) is 0.455. The molecule has 0 aliphatic carbocycles. The lowest BCUT2D eigenvalue weighted by molar-refractivity contribution is -0.155. The Kier molecular flexibility index (Phi) is 7.79. The third-order valence-corrected chi connectivity index (χ3v) is 1.50. The van der Waals surface area contributed by atoms with E-state index < -0.39 is 24.6 Å². The van der Waals surface area contributed by atoms with Crippen LogP contribution in [0, 0.1) is 0 Å². The predicted octanol–water partition coefficient (Wildman–Crippen LogP) is 0.586. The highest BCUT2D eigenvalue weighted by Crippen LogP contribution is 1.96. The maximum absolute atomic E-state index is 11.0. The average molecular weight is 228 g/mol. The molecule has 5 heteroatoms. The fourth-order valence-corrected chi connectivity index (χ4v) is 0.823. The van der Waals surface area contributed by atoms with Crippen molar-refractivity contribution in [2.45, 2.75) is 20.0 Å². The number of ether oxygens (including phenoxy) is 2. The second-order valence-electron chi connectivity index (χ2n) is 2.87. The van der Waals surface area contributed by atoms with Gasteiger partial charge in [-0.25, -0.2) is 9.59 Å². The molecule has 0 rings (SSSR count). The smallest absolute Gasteiger partial charge is 0.330 e. The molecular formula is C11H16O5. The summed E-state index contributed by atoms with van der Waals surface area (Å²) in [5, 5.41) is 8.88. The lowest BCUT2D eigenvalue weighted by atomic mass is 10.4.